The molecule has 0 aromatic heterocycles. The molecule has 21 heavy (non-hydrogen) atoms. The zero-order valence-corrected chi connectivity index (χ0v) is 12.4. The number of nitrogens with two attached hydrogens (primary N) is 1. The van der Waals surface area contributed by atoms with Crippen LogP contribution in [-0.2, 0) is 0 Å². The SMILES string of the molecule is CN1CCCC2CN(c3ccc(N)cc3C(F)F)CCC21. The van der Waals surface area contributed by atoms with E-state index in [0.29, 0.717) is 23.3 Å². The van der Waals surface area contributed by atoms with E-state index < -0.39 is 6.43 Å². The van der Waals surface area contributed by atoms with E-state index >= 15 is 0 Å². The molecular weight excluding hydrogens is 272 g/mol. The Morgan fingerprint density at radius 3 is 2.81 bits per heavy atom. The molecule has 2 fully saturated rings. The van der Waals surface area contributed by atoms with Crippen LogP contribution < -0.4 is 10.6 Å². The lowest BCUT2D eigenvalue weighted by Crippen LogP contribution is -2.52. The third kappa shape index (κ3) is 2.84. The van der Waals surface area contributed by atoms with Gasteiger partial charge < -0.3 is 15.5 Å². The van der Waals surface area contributed by atoms with Gasteiger partial charge in [0.25, 0.3) is 6.43 Å². The number of halogens is 2. The van der Waals surface area contributed by atoms with E-state index in [0.717, 1.165) is 26.1 Å². The second kappa shape index (κ2) is 5.79. The number of hydrogen-bond acceptors (Lipinski definition) is 3. The smallest absolute Gasteiger partial charge is 0.265 e. The first-order valence-electron chi connectivity index (χ1n) is 7.69. The lowest BCUT2D eigenvalue weighted by Gasteiger charge is -2.47. The Labute approximate surface area is 124 Å². The van der Waals surface area contributed by atoms with E-state index in [-0.39, 0.29) is 5.56 Å². The number of piperidine rings is 2. The summed E-state index contributed by atoms with van der Waals surface area (Å²) < 4.78 is 26.5. The van der Waals surface area contributed by atoms with E-state index in [1.54, 1.807) is 12.1 Å². The molecule has 0 aliphatic carbocycles. The van der Waals surface area contributed by atoms with Crippen molar-refractivity contribution in [3.05, 3.63) is 23.8 Å². The average Bonchev–Trinajstić information content (AvgIpc) is 2.47. The maximum Gasteiger partial charge on any atom is 0.265 e. The van der Waals surface area contributed by atoms with Crippen LogP contribution in [0.25, 0.3) is 0 Å². The van der Waals surface area contributed by atoms with Gasteiger partial charge >= 0.3 is 0 Å². The third-order valence-corrected chi connectivity index (χ3v) is 4.97. The predicted octanol–water partition coefficient (Wildman–Crippen LogP) is 3.13. The van der Waals surface area contributed by atoms with Crippen molar-refractivity contribution in [3.63, 3.8) is 0 Å². The molecule has 3 rings (SSSR count). The zero-order valence-electron chi connectivity index (χ0n) is 12.4. The summed E-state index contributed by atoms with van der Waals surface area (Å²) >= 11 is 0. The number of rotatable bonds is 2. The van der Waals surface area contributed by atoms with Crippen molar-refractivity contribution in [2.24, 2.45) is 5.92 Å². The van der Waals surface area contributed by atoms with Crippen LogP contribution in [0.4, 0.5) is 20.2 Å². The van der Waals surface area contributed by atoms with Gasteiger partial charge in [-0.15, -0.1) is 0 Å². The minimum absolute atomic E-state index is 0.0672. The molecule has 0 spiro atoms. The van der Waals surface area contributed by atoms with Gasteiger partial charge in [0.2, 0.25) is 0 Å². The molecule has 0 saturated carbocycles. The van der Waals surface area contributed by atoms with Crippen molar-refractivity contribution in [3.8, 4) is 0 Å². The molecule has 2 saturated heterocycles. The molecule has 2 aliphatic heterocycles. The third-order valence-electron chi connectivity index (χ3n) is 4.97. The van der Waals surface area contributed by atoms with Crippen LogP contribution in [-0.4, -0.2) is 37.6 Å². The number of anilines is 2. The lowest BCUT2D eigenvalue weighted by atomic mass is 9.84. The first-order valence-corrected chi connectivity index (χ1v) is 7.69. The minimum Gasteiger partial charge on any atom is -0.399 e. The van der Waals surface area contributed by atoms with Gasteiger partial charge in [0, 0.05) is 36.1 Å². The number of nitrogens with zero attached hydrogens (tertiary/aromatic N) is 2. The predicted molar refractivity (Wildman–Crippen MR) is 81.8 cm³/mol. The van der Waals surface area contributed by atoms with Gasteiger partial charge in [-0.25, -0.2) is 8.78 Å². The lowest BCUT2D eigenvalue weighted by molar-refractivity contribution is 0.102. The molecule has 1 aromatic rings. The standard InChI is InChI=1S/C16H23F2N3/c1-20-7-2-3-11-10-21(8-6-14(11)20)15-5-4-12(19)9-13(15)16(17)18/h4-5,9,11,14,16H,2-3,6-8,10,19H2,1H3. The maximum absolute atomic E-state index is 13.3. The second-order valence-electron chi connectivity index (χ2n) is 6.30. The highest BCUT2D eigenvalue weighted by Crippen LogP contribution is 2.36. The van der Waals surface area contributed by atoms with Crippen LogP contribution in [0.2, 0.25) is 0 Å². The Morgan fingerprint density at radius 2 is 2.05 bits per heavy atom. The number of benzene rings is 1. The van der Waals surface area contributed by atoms with E-state index in [2.05, 4.69) is 16.8 Å². The second-order valence-corrected chi connectivity index (χ2v) is 6.30. The fourth-order valence-corrected chi connectivity index (χ4v) is 3.91. The van der Waals surface area contributed by atoms with Crippen LogP contribution in [0.5, 0.6) is 0 Å². The van der Waals surface area contributed by atoms with Crippen molar-refractivity contribution in [1.82, 2.24) is 4.90 Å². The van der Waals surface area contributed by atoms with Crippen molar-refractivity contribution in [1.29, 1.82) is 0 Å². The molecule has 2 unspecified atom stereocenters. The molecule has 0 radical (unpaired) electrons. The van der Waals surface area contributed by atoms with E-state index in [4.69, 9.17) is 5.73 Å². The molecule has 2 aliphatic rings. The van der Waals surface area contributed by atoms with E-state index in [1.165, 1.54) is 18.9 Å². The zero-order chi connectivity index (χ0) is 15.0. The van der Waals surface area contributed by atoms with Gasteiger partial charge in [0.15, 0.2) is 0 Å². The molecule has 0 amide bonds. The van der Waals surface area contributed by atoms with Gasteiger partial charge in [-0.05, 0) is 57.0 Å². The highest BCUT2D eigenvalue weighted by molar-refractivity contribution is 5.60. The van der Waals surface area contributed by atoms with Gasteiger partial charge in [-0.3, -0.25) is 0 Å². The number of nitrogen functional groups attached to an aromatic ring is 1. The maximum atomic E-state index is 13.3. The molecule has 5 heteroatoms. The molecule has 116 valence electrons. The normalized spacial score (nSPS) is 27.0. The molecular formula is C16H23F2N3. The highest BCUT2D eigenvalue weighted by atomic mass is 19.3. The fraction of sp³-hybridized carbons (Fsp3) is 0.625. The Balaban J connectivity index is 1.82. The quantitative estimate of drug-likeness (QED) is 0.851. The van der Waals surface area contributed by atoms with Crippen LogP contribution in [0.1, 0.15) is 31.3 Å². The summed E-state index contributed by atoms with van der Waals surface area (Å²) in [5.74, 6) is 0.584. The van der Waals surface area contributed by atoms with E-state index in [9.17, 15) is 8.78 Å². The van der Waals surface area contributed by atoms with E-state index in [1.807, 2.05) is 0 Å². The van der Waals surface area contributed by atoms with Gasteiger partial charge in [-0.1, -0.05) is 0 Å². The summed E-state index contributed by atoms with van der Waals surface area (Å²) in [6.07, 6.45) is 0.975. The monoisotopic (exact) mass is 295 g/mol. The Kier molecular flexibility index (Phi) is 4.02. The van der Waals surface area contributed by atoms with Gasteiger partial charge in [0.05, 0.1) is 0 Å². The first-order chi connectivity index (χ1) is 10.1. The molecule has 2 atom stereocenters. The van der Waals surface area contributed by atoms with Crippen LogP contribution in [0, 0.1) is 5.92 Å². The van der Waals surface area contributed by atoms with Gasteiger partial charge in [0.1, 0.15) is 0 Å². The Bertz CT molecular complexity index is 506. The largest absolute Gasteiger partial charge is 0.399 e. The van der Waals surface area contributed by atoms with Crippen LogP contribution in [0.15, 0.2) is 18.2 Å². The fourth-order valence-electron chi connectivity index (χ4n) is 3.91. The Morgan fingerprint density at radius 1 is 1.24 bits per heavy atom. The van der Waals surface area contributed by atoms with Crippen molar-refractivity contribution >= 4 is 11.4 Å². The first kappa shape index (κ1) is 14.6. The average molecular weight is 295 g/mol. The summed E-state index contributed by atoms with van der Waals surface area (Å²) in [7, 11) is 2.18. The minimum atomic E-state index is -2.48. The van der Waals surface area contributed by atoms with Crippen LogP contribution >= 0.6 is 0 Å². The molecule has 3 nitrogen and oxygen atoms in total. The summed E-state index contributed by atoms with van der Waals surface area (Å²) in [6.45, 7) is 2.87. The summed E-state index contributed by atoms with van der Waals surface area (Å²) in [6, 6.07) is 5.50. The Hall–Kier alpha value is -1.36. The molecule has 2 heterocycles. The molecule has 2 N–H and O–H groups in total. The topological polar surface area (TPSA) is 32.5 Å². The highest BCUT2D eigenvalue weighted by Gasteiger charge is 2.35. The summed E-state index contributed by atoms with van der Waals surface area (Å²) in [5.41, 5.74) is 6.79. The van der Waals surface area contributed by atoms with Crippen LogP contribution in [0.3, 0.4) is 0 Å². The van der Waals surface area contributed by atoms with Crippen molar-refractivity contribution < 1.29 is 8.78 Å². The van der Waals surface area contributed by atoms with Gasteiger partial charge in [-0.2, -0.15) is 0 Å². The number of hydrogen-bond donors (Lipinski definition) is 1. The summed E-state index contributed by atoms with van der Waals surface area (Å²) in [5, 5.41) is 0. The number of alkyl halides is 2. The number of likely N-dealkylation sites (tertiary alicyclic amines) is 1. The van der Waals surface area contributed by atoms with Crippen molar-refractivity contribution in [2.45, 2.75) is 31.7 Å². The van der Waals surface area contributed by atoms with Crippen molar-refractivity contribution in [2.75, 3.05) is 37.3 Å². The molecule has 1 aromatic carbocycles. The summed E-state index contributed by atoms with van der Waals surface area (Å²) in [4.78, 5) is 4.56. The molecule has 0 bridgehead atoms. The number of fused-ring (bicyclic) bond motifs is 1.